The standard InChI is InChI=1S/C8H19NO3/c1-7(2,12)4-9-8(3,5-10)6-11/h9-12H,4-6H2,1-3H3. The van der Waals surface area contributed by atoms with E-state index in [0.29, 0.717) is 6.54 Å². The molecule has 0 aliphatic heterocycles. The monoisotopic (exact) mass is 177 g/mol. The van der Waals surface area contributed by atoms with Gasteiger partial charge in [0.2, 0.25) is 0 Å². The molecule has 0 atom stereocenters. The minimum Gasteiger partial charge on any atom is -0.394 e. The maximum Gasteiger partial charge on any atom is 0.0715 e. The summed E-state index contributed by atoms with van der Waals surface area (Å²) in [5.41, 5.74) is -1.54. The zero-order valence-corrected chi connectivity index (χ0v) is 7.96. The molecule has 0 heterocycles. The lowest BCUT2D eigenvalue weighted by Gasteiger charge is -2.30. The Morgan fingerprint density at radius 2 is 1.50 bits per heavy atom. The molecule has 0 aliphatic carbocycles. The minimum atomic E-state index is -0.828. The summed E-state index contributed by atoms with van der Waals surface area (Å²) in [7, 11) is 0. The van der Waals surface area contributed by atoms with Crippen LogP contribution in [0.4, 0.5) is 0 Å². The molecule has 0 radical (unpaired) electrons. The number of hydrogen-bond acceptors (Lipinski definition) is 4. The van der Waals surface area contributed by atoms with Crippen molar-refractivity contribution in [1.29, 1.82) is 0 Å². The van der Waals surface area contributed by atoms with Crippen molar-refractivity contribution >= 4 is 0 Å². The Kier molecular flexibility index (Phi) is 4.13. The highest BCUT2D eigenvalue weighted by atomic mass is 16.3. The first-order valence-electron chi connectivity index (χ1n) is 4.02. The lowest BCUT2D eigenvalue weighted by Crippen LogP contribution is -2.53. The molecular formula is C8H19NO3. The van der Waals surface area contributed by atoms with E-state index in [0.717, 1.165) is 0 Å². The van der Waals surface area contributed by atoms with E-state index in [1.54, 1.807) is 20.8 Å². The lowest BCUT2D eigenvalue weighted by molar-refractivity contribution is 0.0459. The molecule has 0 amide bonds. The van der Waals surface area contributed by atoms with Gasteiger partial charge in [-0.2, -0.15) is 0 Å². The first-order valence-corrected chi connectivity index (χ1v) is 4.02. The number of hydrogen-bond donors (Lipinski definition) is 4. The van der Waals surface area contributed by atoms with Crippen LogP contribution in [-0.2, 0) is 0 Å². The summed E-state index contributed by atoms with van der Waals surface area (Å²) in [6.07, 6.45) is 0. The highest BCUT2D eigenvalue weighted by Crippen LogP contribution is 2.04. The van der Waals surface area contributed by atoms with Crippen molar-refractivity contribution in [2.75, 3.05) is 19.8 Å². The second kappa shape index (κ2) is 4.18. The van der Waals surface area contributed by atoms with E-state index < -0.39 is 11.1 Å². The average molecular weight is 177 g/mol. The molecule has 0 unspecified atom stereocenters. The molecule has 0 rings (SSSR count). The van der Waals surface area contributed by atoms with Crippen molar-refractivity contribution in [3.8, 4) is 0 Å². The Morgan fingerprint density at radius 1 is 1.08 bits per heavy atom. The van der Waals surface area contributed by atoms with Crippen LogP contribution in [0.1, 0.15) is 20.8 Å². The van der Waals surface area contributed by atoms with Crippen LogP contribution in [-0.4, -0.2) is 46.2 Å². The minimum absolute atomic E-state index is 0.153. The molecule has 0 spiro atoms. The van der Waals surface area contributed by atoms with Crippen LogP contribution >= 0.6 is 0 Å². The largest absolute Gasteiger partial charge is 0.394 e. The average Bonchev–Trinajstić information content (AvgIpc) is 1.99. The predicted molar refractivity (Wildman–Crippen MR) is 46.9 cm³/mol. The highest BCUT2D eigenvalue weighted by molar-refractivity contribution is 4.84. The van der Waals surface area contributed by atoms with Crippen molar-refractivity contribution < 1.29 is 15.3 Å². The Bertz CT molecular complexity index is 127. The van der Waals surface area contributed by atoms with E-state index in [2.05, 4.69) is 5.32 Å². The second-order valence-electron chi connectivity index (χ2n) is 4.04. The zero-order valence-electron chi connectivity index (χ0n) is 7.96. The number of rotatable bonds is 5. The van der Waals surface area contributed by atoms with Crippen molar-refractivity contribution in [1.82, 2.24) is 5.32 Å². The molecule has 0 aliphatic rings. The molecule has 12 heavy (non-hydrogen) atoms. The van der Waals surface area contributed by atoms with Crippen molar-refractivity contribution in [3.63, 3.8) is 0 Å². The molecule has 4 nitrogen and oxygen atoms in total. The van der Waals surface area contributed by atoms with Crippen LogP contribution in [0.5, 0.6) is 0 Å². The van der Waals surface area contributed by atoms with E-state index in [1.807, 2.05) is 0 Å². The maximum atomic E-state index is 9.35. The van der Waals surface area contributed by atoms with Crippen molar-refractivity contribution in [3.05, 3.63) is 0 Å². The fourth-order valence-electron chi connectivity index (χ4n) is 0.591. The van der Waals surface area contributed by atoms with E-state index in [9.17, 15) is 5.11 Å². The molecular weight excluding hydrogens is 158 g/mol. The Labute approximate surface area is 73.2 Å². The van der Waals surface area contributed by atoms with Gasteiger partial charge in [0, 0.05) is 6.54 Å². The summed E-state index contributed by atoms with van der Waals surface area (Å²) >= 11 is 0. The van der Waals surface area contributed by atoms with Gasteiger partial charge in [-0.05, 0) is 20.8 Å². The van der Waals surface area contributed by atoms with Gasteiger partial charge >= 0.3 is 0 Å². The summed E-state index contributed by atoms with van der Waals surface area (Å²) in [5, 5.41) is 30.0. The van der Waals surface area contributed by atoms with Gasteiger partial charge in [-0.3, -0.25) is 0 Å². The van der Waals surface area contributed by atoms with Gasteiger partial charge in [-0.1, -0.05) is 0 Å². The number of aliphatic hydroxyl groups excluding tert-OH is 2. The van der Waals surface area contributed by atoms with E-state index in [-0.39, 0.29) is 13.2 Å². The third kappa shape index (κ3) is 4.66. The van der Waals surface area contributed by atoms with Crippen LogP contribution in [0.2, 0.25) is 0 Å². The first-order chi connectivity index (χ1) is 5.33. The van der Waals surface area contributed by atoms with Gasteiger partial charge in [0.1, 0.15) is 0 Å². The van der Waals surface area contributed by atoms with E-state index in [4.69, 9.17) is 10.2 Å². The first kappa shape index (κ1) is 11.8. The van der Waals surface area contributed by atoms with Crippen molar-refractivity contribution in [2.24, 2.45) is 0 Å². The molecule has 0 bridgehead atoms. The van der Waals surface area contributed by atoms with Crippen LogP contribution < -0.4 is 5.32 Å². The lowest BCUT2D eigenvalue weighted by atomic mass is 10.0. The molecule has 0 aromatic heterocycles. The third-order valence-corrected chi connectivity index (χ3v) is 1.65. The summed E-state index contributed by atoms with van der Waals surface area (Å²) in [4.78, 5) is 0. The topological polar surface area (TPSA) is 72.7 Å². The molecule has 4 heteroatoms. The van der Waals surface area contributed by atoms with E-state index >= 15 is 0 Å². The van der Waals surface area contributed by atoms with Gasteiger partial charge in [-0.25, -0.2) is 0 Å². The highest BCUT2D eigenvalue weighted by Gasteiger charge is 2.24. The fraction of sp³-hybridized carbons (Fsp3) is 1.00. The van der Waals surface area contributed by atoms with Crippen LogP contribution in [0.25, 0.3) is 0 Å². The molecule has 0 saturated carbocycles. The van der Waals surface area contributed by atoms with Crippen LogP contribution in [0, 0.1) is 0 Å². The molecule has 74 valence electrons. The Balaban J connectivity index is 3.89. The Hall–Kier alpha value is -0.160. The summed E-state index contributed by atoms with van der Waals surface area (Å²) in [6.45, 7) is 5.05. The Morgan fingerprint density at radius 3 is 1.75 bits per heavy atom. The molecule has 0 saturated heterocycles. The quantitative estimate of drug-likeness (QED) is 0.439. The van der Waals surface area contributed by atoms with Crippen molar-refractivity contribution in [2.45, 2.75) is 31.9 Å². The third-order valence-electron chi connectivity index (χ3n) is 1.65. The van der Waals surface area contributed by atoms with Gasteiger partial charge in [-0.15, -0.1) is 0 Å². The molecule has 0 aromatic rings. The number of nitrogens with one attached hydrogen (secondary N) is 1. The van der Waals surface area contributed by atoms with Gasteiger partial charge < -0.3 is 20.6 Å². The SMILES string of the molecule is CC(C)(O)CNC(C)(CO)CO. The second-order valence-corrected chi connectivity index (χ2v) is 4.04. The number of β-amino-alcohol motifs (C(OH)–C–C–N with tert-alkyl or cyclic N) is 1. The predicted octanol–water partition coefficient (Wildman–Crippen LogP) is -0.910. The van der Waals surface area contributed by atoms with Gasteiger partial charge in [0.05, 0.1) is 24.4 Å². The normalized spacial score (nSPS) is 13.5. The molecule has 0 aromatic carbocycles. The van der Waals surface area contributed by atoms with Crippen LogP contribution in [0.3, 0.4) is 0 Å². The zero-order chi connectivity index (χ0) is 9.83. The molecule has 4 N–H and O–H groups in total. The smallest absolute Gasteiger partial charge is 0.0715 e. The van der Waals surface area contributed by atoms with Gasteiger partial charge in [0.15, 0.2) is 0 Å². The maximum absolute atomic E-state index is 9.35. The molecule has 0 fully saturated rings. The fourth-order valence-corrected chi connectivity index (χ4v) is 0.591. The summed E-state index contributed by atoms with van der Waals surface area (Å²) in [5.74, 6) is 0. The summed E-state index contributed by atoms with van der Waals surface area (Å²) in [6, 6.07) is 0. The summed E-state index contributed by atoms with van der Waals surface area (Å²) < 4.78 is 0. The van der Waals surface area contributed by atoms with E-state index in [1.165, 1.54) is 0 Å². The van der Waals surface area contributed by atoms with Crippen LogP contribution in [0.15, 0.2) is 0 Å². The van der Waals surface area contributed by atoms with Gasteiger partial charge in [0.25, 0.3) is 0 Å². The number of aliphatic hydroxyl groups is 3.